The quantitative estimate of drug-likeness (QED) is 0.595. The molecule has 7 heteroatoms. The van der Waals surface area contributed by atoms with Crippen LogP contribution in [0.5, 0.6) is 5.75 Å². The highest BCUT2D eigenvalue weighted by molar-refractivity contribution is 8.14. The van der Waals surface area contributed by atoms with Crippen molar-refractivity contribution in [2.24, 2.45) is 16.8 Å². The lowest BCUT2D eigenvalue weighted by atomic mass is 9.91. The minimum atomic E-state index is -1.16. The summed E-state index contributed by atoms with van der Waals surface area (Å²) in [6.45, 7) is 6.48. The van der Waals surface area contributed by atoms with Crippen molar-refractivity contribution < 1.29 is 24.8 Å². The van der Waals surface area contributed by atoms with Crippen LogP contribution in [0.1, 0.15) is 39.2 Å². The first kappa shape index (κ1) is 22.6. The average molecular weight is 424 g/mol. The Morgan fingerprint density at radius 3 is 2.48 bits per heavy atom. The molecule has 0 radical (unpaired) electrons. The molecule has 29 heavy (non-hydrogen) atoms. The summed E-state index contributed by atoms with van der Waals surface area (Å²) in [6, 6.07) is 7.19. The molecule has 6 nitrogen and oxygen atoms in total. The van der Waals surface area contributed by atoms with E-state index in [0.717, 1.165) is 22.8 Å². The topological polar surface area (TPSA) is 91.5 Å². The standard InChI is InChI=1S/C22H33NO5S/c1-5-12(2)13(3)21-23-17-18(25)19(26)20(28-22(17)29-21)16(24)11-8-14-6-9-15(27-4)10-7-14/h6-7,9-10,12-13,16-20,22,24-26H,5,8,11H2,1-4H3. The van der Waals surface area contributed by atoms with Crippen LogP contribution in [0.15, 0.2) is 29.3 Å². The van der Waals surface area contributed by atoms with E-state index in [1.54, 1.807) is 7.11 Å². The molecule has 0 saturated carbocycles. The van der Waals surface area contributed by atoms with Gasteiger partial charge in [0, 0.05) is 5.92 Å². The molecule has 2 aliphatic heterocycles. The van der Waals surface area contributed by atoms with E-state index in [4.69, 9.17) is 9.47 Å². The van der Waals surface area contributed by atoms with Crippen molar-refractivity contribution in [3.8, 4) is 5.75 Å². The fraction of sp³-hybridized carbons (Fsp3) is 0.682. The minimum Gasteiger partial charge on any atom is -0.497 e. The van der Waals surface area contributed by atoms with Crippen molar-refractivity contribution in [1.29, 1.82) is 0 Å². The van der Waals surface area contributed by atoms with Gasteiger partial charge >= 0.3 is 0 Å². The third-order valence-corrected chi connectivity index (χ3v) is 7.61. The number of hydrogen-bond donors (Lipinski definition) is 3. The highest BCUT2D eigenvalue weighted by Gasteiger charge is 2.50. The molecular formula is C22H33NO5S. The van der Waals surface area contributed by atoms with E-state index in [-0.39, 0.29) is 11.4 Å². The van der Waals surface area contributed by atoms with Gasteiger partial charge in [0.2, 0.25) is 0 Å². The van der Waals surface area contributed by atoms with E-state index < -0.39 is 30.5 Å². The fourth-order valence-corrected chi connectivity index (χ4v) is 5.23. The number of hydrogen-bond acceptors (Lipinski definition) is 7. The second-order valence-corrected chi connectivity index (χ2v) is 9.27. The molecule has 0 bridgehead atoms. The van der Waals surface area contributed by atoms with Gasteiger partial charge in [0.15, 0.2) is 0 Å². The number of fused-ring (bicyclic) bond motifs is 1. The number of aliphatic hydroxyl groups is 3. The Hall–Kier alpha value is -1.12. The van der Waals surface area contributed by atoms with E-state index in [0.29, 0.717) is 18.8 Å². The Kier molecular flexibility index (Phi) is 7.62. The lowest BCUT2D eigenvalue weighted by Gasteiger charge is -2.40. The Morgan fingerprint density at radius 2 is 1.86 bits per heavy atom. The Labute approximate surface area is 177 Å². The Bertz CT molecular complexity index is 697. The van der Waals surface area contributed by atoms with Crippen molar-refractivity contribution in [2.45, 2.75) is 75.9 Å². The third-order valence-electron chi connectivity index (χ3n) is 6.27. The van der Waals surface area contributed by atoms with Crippen LogP contribution >= 0.6 is 11.8 Å². The summed E-state index contributed by atoms with van der Waals surface area (Å²) in [5.74, 6) is 1.55. The van der Waals surface area contributed by atoms with Crippen LogP contribution < -0.4 is 4.74 Å². The van der Waals surface area contributed by atoms with Gasteiger partial charge in [-0.25, -0.2) is 0 Å². The zero-order valence-electron chi connectivity index (χ0n) is 17.6. The van der Waals surface area contributed by atoms with Gasteiger partial charge < -0.3 is 24.8 Å². The first-order valence-corrected chi connectivity index (χ1v) is 11.3. The highest BCUT2D eigenvalue weighted by Crippen LogP contribution is 2.41. The SMILES string of the molecule is CCC(C)C(C)C1=NC2C(OC(C(O)CCc3ccc(OC)cc3)C(O)C2O)S1. The maximum atomic E-state index is 10.7. The smallest absolute Gasteiger partial charge is 0.134 e. The molecule has 3 rings (SSSR count). The normalized spacial score (nSPS) is 32.2. The molecule has 2 heterocycles. The molecule has 0 amide bonds. The van der Waals surface area contributed by atoms with Crippen LogP contribution in [0.25, 0.3) is 0 Å². The van der Waals surface area contributed by atoms with E-state index in [2.05, 4.69) is 25.8 Å². The number of thioether (sulfide) groups is 1. The maximum Gasteiger partial charge on any atom is 0.134 e. The second kappa shape index (κ2) is 9.79. The van der Waals surface area contributed by atoms with Gasteiger partial charge in [-0.1, -0.05) is 51.1 Å². The lowest BCUT2D eigenvalue weighted by Crippen LogP contribution is -2.58. The maximum absolute atomic E-state index is 10.7. The molecule has 0 aromatic heterocycles. The molecule has 1 fully saturated rings. The van der Waals surface area contributed by atoms with Crippen molar-refractivity contribution >= 4 is 16.8 Å². The monoisotopic (exact) mass is 423 g/mol. The van der Waals surface area contributed by atoms with E-state index in [1.165, 1.54) is 11.8 Å². The summed E-state index contributed by atoms with van der Waals surface area (Å²) in [6.07, 6.45) is -1.78. The molecule has 8 atom stereocenters. The molecule has 3 N–H and O–H groups in total. The molecule has 1 aromatic carbocycles. The van der Waals surface area contributed by atoms with Crippen LogP contribution in [0.2, 0.25) is 0 Å². The zero-order chi connectivity index (χ0) is 21.1. The molecule has 1 aromatic rings. The number of benzene rings is 1. The van der Waals surface area contributed by atoms with Gasteiger partial charge in [-0.2, -0.15) is 0 Å². The Morgan fingerprint density at radius 1 is 1.17 bits per heavy atom. The second-order valence-electron chi connectivity index (χ2n) is 8.15. The van der Waals surface area contributed by atoms with E-state index >= 15 is 0 Å². The molecule has 2 aliphatic rings. The molecule has 8 unspecified atom stereocenters. The van der Waals surface area contributed by atoms with Gasteiger partial charge in [0.05, 0.1) is 18.3 Å². The van der Waals surface area contributed by atoms with Crippen molar-refractivity contribution in [1.82, 2.24) is 0 Å². The molecular weight excluding hydrogens is 390 g/mol. The zero-order valence-corrected chi connectivity index (χ0v) is 18.4. The van der Waals surface area contributed by atoms with Gasteiger partial charge in [-0.15, -0.1) is 0 Å². The van der Waals surface area contributed by atoms with Gasteiger partial charge in [0.25, 0.3) is 0 Å². The number of rotatable bonds is 8. The summed E-state index contributed by atoms with van der Waals surface area (Å²) >= 11 is 1.52. The van der Waals surface area contributed by atoms with Crippen molar-refractivity contribution in [2.75, 3.05) is 7.11 Å². The fourth-order valence-electron chi connectivity index (χ4n) is 3.82. The van der Waals surface area contributed by atoms with Crippen molar-refractivity contribution in [3.05, 3.63) is 29.8 Å². The number of methoxy groups -OCH3 is 1. The molecule has 1 saturated heterocycles. The van der Waals surface area contributed by atoms with Gasteiger partial charge in [-0.05, 0) is 36.5 Å². The highest BCUT2D eigenvalue weighted by atomic mass is 32.2. The summed E-state index contributed by atoms with van der Waals surface area (Å²) in [5.41, 5.74) is 0.701. The molecule has 0 aliphatic carbocycles. The van der Waals surface area contributed by atoms with Gasteiger partial charge in [0.1, 0.15) is 35.5 Å². The van der Waals surface area contributed by atoms with E-state index in [1.807, 2.05) is 24.3 Å². The number of aliphatic hydroxyl groups excluding tert-OH is 3. The van der Waals surface area contributed by atoms with Gasteiger partial charge in [-0.3, -0.25) is 4.99 Å². The van der Waals surface area contributed by atoms with E-state index in [9.17, 15) is 15.3 Å². The summed E-state index contributed by atoms with van der Waals surface area (Å²) in [4.78, 5) is 4.67. The minimum absolute atomic E-state index is 0.280. The number of ether oxygens (including phenoxy) is 2. The average Bonchev–Trinajstić information content (AvgIpc) is 3.18. The molecule has 162 valence electrons. The lowest BCUT2D eigenvalue weighted by molar-refractivity contribution is -0.185. The third kappa shape index (κ3) is 4.97. The van der Waals surface area contributed by atoms with Crippen LogP contribution in [0.3, 0.4) is 0 Å². The number of aryl methyl sites for hydroxylation is 1. The molecule has 0 spiro atoms. The number of aliphatic imine (C=N–C) groups is 1. The van der Waals surface area contributed by atoms with Crippen LogP contribution in [-0.4, -0.2) is 63.4 Å². The summed E-state index contributed by atoms with van der Waals surface area (Å²) < 4.78 is 11.2. The predicted molar refractivity (Wildman–Crippen MR) is 115 cm³/mol. The van der Waals surface area contributed by atoms with Crippen LogP contribution in [0.4, 0.5) is 0 Å². The first-order valence-electron chi connectivity index (χ1n) is 10.4. The van der Waals surface area contributed by atoms with Crippen LogP contribution in [0, 0.1) is 11.8 Å². The Balaban J connectivity index is 1.60. The van der Waals surface area contributed by atoms with Crippen molar-refractivity contribution in [3.63, 3.8) is 0 Å². The summed E-state index contributed by atoms with van der Waals surface area (Å²) in [5, 5.41) is 32.8. The summed E-state index contributed by atoms with van der Waals surface area (Å²) in [7, 11) is 1.62. The van der Waals surface area contributed by atoms with Crippen LogP contribution in [-0.2, 0) is 11.2 Å². The predicted octanol–water partition coefficient (Wildman–Crippen LogP) is 2.63. The number of nitrogens with zero attached hydrogens (tertiary/aromatic N) is 1. The largest absolute Gasteiger partial charge is 0.497 e. The first-order chi connectivity index (χ1) is 13.8.